The van der Waals surface area contributed by atoms with Crippen LogP contribution in [0.5, 0.6) is 0 Å². The van der Waals surface area contributed by atoms with Gasteiger partial charge < -0.3 is 10.0 Å². The van der Waals surface area contributed by atoms with Crippen LogP contribution < -0.4 is 0 Å². The lowest BCUT2D eigenvalue weighted by Crippen LogP contribution is -2.55. The molecule has 0 radical (unpaired) electrons. The van der Waals surface area contributed by atoms with E-state index in [0.29, 0.717) is 24.4 Å². The zero-order valence-corrected chi connectivity index (χ0v) is 11.5. The predicted molar refractivity (Wildman–Crippen MR) is 75.8 cm³/mol. The third kappa shape index (κ3) is 2.40. The Kier molecular flexibility index (Phi) is 3.21. The van der Waals surface area contributed by atoms with Crippen LogP contribution in [-0.2, 0) is 4.79 Å². The second kappa shape index (κ2) is 5.05. The molecular formula is C15H15N3O3. The SMILES string of the molecule is Cc1ccc(-c2cc(C(=O)N3CC[C@H]3C(=O)O)[nH]n2)cc1. The quantitative estimate of drug-likeness (QED) is 0.898. The molecule has 1 atom stereocenters. The van der Waals surface area contributed by atoms with Crippen molar-refractivity contribution in [2.24, 2.45) is 0 Å². The molecule has 2 heterocycles. The lowest BCUT2D eigenvalue weighted by atomic mass is 10.0. The summed E-state index contributed by atoms with van der Waals surface area (Å²) in [4.78, 5) is 24.5. The van der Waals surface area contributed by atoms with Gasteiger partial charge in [0, 0.05) is 12.1 Å². The maximum Gasteiger partial charge on any atom is 0.326 e. The van der Waals surface area contributed by atoms with Gasteiger partial charge in [0.25, 0.3) is 5.91 Å². The summed E-state index contributed by atoms with van der Waals surface area (Å²) in [6, 6.07) is 8.75. The molecule has 0 saturated carbocycles. The molecule has 0 unspecified atom stereocenters. The summed E-state index contributed by atoms with van der Waals surface area (Å²) in [6.07, 6.45) is 0.500. The summed E-state index contributed by atoms with van der Waals surface area (Å²) in [6.45, 7) is 2.47. The molecule has 0 bridgehead atoms. The van der Waals surface area contributed by atoms with Gasteiger partial charge in [0.1, 0.15) is 11.7 Å². The van der Waals surface area contributed by atoms with E-state index < -0.39 is 12.0 Å². The summed E-state index contributed by atoms with van der Waals surface area (Å²) in [7, 11) is 0. The third-order valence-electron chi connectivity index (χ3n) is 3.72. The van der Waals surface area contributed by atoms with Crippen LogP contribution in [-0.4, -0.2) is 44.7 Å². The van der Waals surface area contributed by atoms with Crippen molar-refractivity contribution < 1.29 is 14.7 Å². The largest absolute Gasteiger partial charge is 0.480 e. The number of benzene rings is 1. The van der Waals surface area contributed by atoms with Crippen LogP contribution in [0.1, 0.15) is 22.5 Å². The number of aryl methyl sites for hydroxylation is 1. The molecule has 1 aromatic carbocycles. The highest BCUT2D eigenvalue weighted by molar-refractivity contribution is 5.96. The molecule has 6 heteroatoms. The molecule has 0 aliphatic carbocycles. The average Bonchev–Trinajstić information content (AvgIpc) is 2.87. The highest BCUT2D eigenvalue weighted by Crippen LogP contribution is 2.23. The van der Waals surface area contributed by atoms with E-state index in [9.17, 15) is 9.59 Å². The minimum atomic E-state index is -0.965. The van der Waals surface area contributed by atoms with Crippen molar-refractivity contribution in [3.8, 4) is 11.3 Å². The van der Waals surface area contributed by atoms with E-state index in [1.807, 2.05) is 31.2 Å². The number of amides is 1. The van der Waals surface area contributed by atoms with E-state index in [-0.39, 0.29) is 5.91 Å². The zero-order valence-electron chi connectivity index (χ0n) is 11.5. The van der Waals surface area contributed by atoms with E-state index in [0.717, 1.165) is 11.1 Å². The molecule has 1 aromatic heterocycles. The molecule has 6 nitrogen and oxygen atoms in total. The molecular weight excluding hydrogens is 270 g/mol. The number of nitrogens with zero attached hydrogens (tertiary/aromatic N) is 2. The maximum atomic E-state index is 12.2. The number of carboxylic acids is 1. The van der Waals surface area contributed by atoms with Gasteiger partial charge in [-0.25, -0.2) is 4.79 Å². The number of H-pyrrole nitrogens is 1. The van der Waals surface area contributed by atoms with Crippen molar-refractivity contribution in [1.29, 1.82) is 0 Å². The lowest BCUT2D eigenvalue weighted by molar-refractivity contribution is -0.146. The highest BCUT2D eigenvalue weighted by atomic mass is 16.4. The van der Waals surface area contributed by atoms with Crippen LogP contribution in [0.15, 0.2) is 30.3 Å². The van der Waals surface area contributed by atoms with E-state index in [1.165, 1.54) is 4.90 Å². The Morgan fingerprint density at radius 3 is 2.62 bits per heavy atom. The lowest BCUT2D eigenvalue weighted by Gasteiger charge is -2.37. The van der Waals surface area contributed by atoms with Crippen molar-refractivity contribution >= 4 is 11.9 Å². The van der Waals surface area contributed by atoms with Crippen LogP contribution in [0.2, 0.25) is 0 Å². The number of hydrogen-bond acceptors (Lipinski definition) is 3. The Bertz CT molecular complexity index is 690. The number of nitrogens with one attached hydrogen (secondary N) is 1. The van der Waals surface area contributed by atoms with Crippen LogP contribution in [0.4, 0.5) is 0 Å². The van der Waals surface area contributed by atoms with Gasteiger partial charge in [-0.2, -0.15) is 5.10 Å². The molecule has 1 amide bonds. The first kappa shape index (κ1) is 13.4. The van der Waals surface area contributed by atoms with Gasteiger partial charge >= 0.3 is 5.97 Å². The first-order chi connectivity index (χ1) is 10.1. The van der Waals surface area contributed by atoms with Crippen molar-refractivity contribution in [3.05, 3.63) is 41.6 Å². The molecule has 0 spiro atoms. The van der Waals surface area contributed by atoms with Crippen LogP contribution >= 0.6 is 0 Å². The molecule has 2 N–H and O–H groups in total. The molecule has 1 saturated heterocycles. The Hall–Kier alpha value is -2.63. The van der Waals surface area contributed by atoms with Crippen LogP contribution in [0.3, 0.4) is 0 Å². The van der Waals surface area contributed by atoms with Gasteiger partial charge in [-0.3, -0.25) is 9.89 Å². The second-order valence-electron chi connectivity index (χ2n) is 5.17. The van der Waals surface area contributed by atoms with Gasteiger partial charge in [0.05, 0.1) is 5.69 Å². The van der Waals surface area contributed by atoms with E-state index in [2.05, 4.69) is 10.2 Å². The van der Waals surface area contributed by atoms with Gasteiger partial charge in [0.15, 0.2) is 0 Å². The number of rotatable bonds is 3. The van der Waals surface area contributed by atoms with Gasteiger partial charge in [-0.05, 0) is 19.4 Å². The standard InChI is InChI=1S/C15H15N3O3/c1-9-2-4-10(5-3-9)11-8-12(17-16-11)14(19)18-7-6-13(18)15(20)21/h2-5,8,13H,6-7H2,1H3,(H,16,17)(H,20,21)/t13-/m0/s1. The molecule has 1 aliphatic rings. The highest BCUT2D eigenvalue weighted by Gasteiger charge is 2.38. The fraction of sp³-hybridized carbons (Fsp3) is 0.267. The fourth-order valence-electron chi connectivity index (χ4n) is 2.35. The van der Waals surface area contributed by atoms with Gasteiger partial charge in [-0.1, -0.05) is 29.8 Å². The van der Waals surface area contributed by atoms with Gasteiger partial charge in [-0.15, -0.1) is 0 Å². The van der Waals surface area contributed by atoms with E-state index >= 15 is 0 Å². The monoisotopic (exact) mass is 285 g/mol. The van der Waals surface area contributed by atoms with Crippen LogP contribution in [0, 0.1) is 6.92 Å². The summed E-state index contributed by atoms with van der Waals surface area (Å²) in [5.74, 6) is -1.28. The van der Waals surface area contributed by atoms with Crippen molar-refractivity contribution in [1.82, 2.24) is 15.1 Å². The smallest absolute Gasteiger partial charge is 0.326 e. The summed E-state index contributed by atoms with van der Waals surface area (Å²) < 4.78 is 0. The van der Waals surface area contributed by atoms with E-state index in [4.69, 9.17) is 5.11 Å². The van der Waals surface area contributed by atoms with Crippen LogP contribution in [0.25, 0.3) is 11.3 Å². The summed E-state index contributed by atoms with van der Waals surface area (Å²) in [5, 5.41) is 15.8. The number of aromatic amines is 1. The normalized spacial score (nSPS) is 17.4. The molecule has 21 heavy (non-hydrogen) atoms. The molecule has 1 aliphatic heterocycles. The molecule has 2 aromatic rings. The Labute approximate surface area is 121 Å². The Morgan fingerprint density at radius 1 is 1.33 bits per heavy atom. The first-order valence-corrected chi connectivity index (χ1v) is 6.72. The number of hydrogen-bond donors (Lipinski definition) is 2. The Balaban J connectivity index is 1.80. The first-order valence-electron chi connectivity index (χ1n) is 6.72. The minimum Gasteiger partial charge on any atom is -0.480 e. The third-order valence-corrected chi connectivity index (χ3v) is 3.72. The molecule has 1 fully saturated rings. The van der Waals surface area contributed by atoms with E-state index in [1.54, 1.807) is 6.07 Å². The number of carboxylic acid groups (broad SMARTS) is 1. The number of carbonyl (C=O) groups is 2. The van der Waals surface area contributed by atoms with Crippen molar-refractivity contribution in [2.75, 3.05) is 6.54 Å². The number of carbonyl (C=O) groups excluding carboxylic acids is 1. The topological polar surface area (TPSA) is 86.3 Å². The molecule has 3 rings (SSSR count). The summed E-state index contributed by atoms with van der Waals surface area (Å²) in [5.41, 5.74) is 3.05. The predicted octanol–water partition coefficient (Wildman–Crippen LogP) is 1.68. The molecule has 108 valence electrons. The van der Waals surface area contributed by atoms with Crippen molar-refractivity contribution in [2.45, 2.75) is 19.4 Å². The Morgan fingerprint density at radius 2 is 2.05 bits per heavy atom. The van der Waals surface area contributed by atoms with Gasteiger partial charge in [0.2, 0.25) is 0 Å². The maximum absolute atomic E-state index is 12.2. The number of aliphatic carboxylic acids is 1. The summed E-state index contributed by atoms with van der Waals surface area (Å²) >= 11 is 0. The zero-order chi connectivity index (χ0) is 15.0. The number of aromatic nitrogens is 2. The number of likely N-dealkylation sites (tertiary alicyclic amines) is 1. The van der Waals surface area contributed by atoms with Crippen molar-refractivity contribution in [3.63, 3.8) is 0 Å². The second-order valence-corrected chi connectivity index (χ2v) is 5.17. The fourth-order valence-corrected chi connectivity index (χ4v) is 2.35. The minimum absolute atomic E-state index is 0.316. The average molecular weight is 285 g/mol.